The fourth-order valence-corrected chi connectivity index (χ4v) is 9.78. The number of hydrogen-bond donors (Lipinski definition) is 0. The van der Waals surface area contributed by atoms with Crippen molar-refractivity contribution in [2.75, 3.05) is 71.7 Å². The van der Waals surface area contributed by atoms with Crippen LogP contribution in [0, 0.1) is 0 Å². The molecule has 0 aromatic heterocycles. The maximum Gasteiger partial charge on any atom is 0.174 e. The molecule has 4 aromatic carbocycles. The molecule has 0 bridgehead atoms. The minimum atomic E-state index is -0.801. The molecule has 1 unspecified atom stereocenters. The Labute approximate surface area is 313 Å². The lowest BCUT2D eigenvalue weighted by atomic mass is 9.70. The summed E-state index contributed by atoms with van der Waals surface area (Å²) in [6, 6.07) is 22.4. The third-order valence-electron chi connectivity index (χ3n) is 12.6. The minimum Gasteiger partial charge on any atom is -0.493 e. The van der Waals surface area contributed by atoms with Crippen LogP contribution in [0.5, 0.6) is 17.2 Å². The predicted octanol–water partition coefficient (Wildman–Crippen LogP) is 9.02. The van der Waals surface area contributed by atoms with E-state index in [0.29, 0.717) is 5.75 Å². The van der Waals surface area contributed by atoms with Crippen LogP contribution in [0.25, 0.3) is 28.0 Å². The molecular formula is C46H50N2O5. The van der Waals surface area contributed by atoms with E-state index in [-0.39, 0.29) is 5.41 Å². The maximum absolute atomic E-state index is 7.76. The molecule has 9 rings (SSSR count). The molecule has 3 heterocycles. The van der Waals surface area contributed by atoms with E-state index in [1.165, 1.54) is 44.8 Å². The highest BCUT2D eigenvalue weighted by atomic mass is 16.5. The van der Waals surface area contributed by atoms with E-state index in [1.54, 1.807) is 14.2 Å². The molecular weight excluding hydrogens is 661 g/mol. The van der Waals surface area contributed by atoms with Crippen LogP contribution in [-0.2, 0) is 20.5 Å². The molecule has 2 aliphatic carbocycles. The minimum absolute atomic E-state index is 0.148. The molecule has 5 aliphatic rings. The topological polar surface area (TPSA) is 52.6 Å². The van der Waals surface area contributed by atoms with Gasteiger partial charge >= 0.3 is 0 Å². The summed E-state index contributed by atoms with van der Waals surface area (Å²) >= 11 is 0. The molecule has 4 aromatic rings. The Morgan fingerprint density at radius 3 is 2.04 bits per heavy atom. The van der Waals surface area contributed by atoms with Gasteiger partial charge < -0.3 is 33.5 Å². The maximum atomic E-state index is 7.76. The lowest BCUT2D eigenvalue weighted by Gasteiger charge is -2.42. The van der Waals surface area contributed by atoms with Gasteiger partial charge in [0, 0.05) is 59.5 Å². The average Bonchev–Trinajstić information content (AvgIpc) is 3.54. The summed E-state index contributed by atoms with van der Waals surface area (Å²) in [4.78, 5) is 4.89. The molecule has 7 nitrogen and oxygen atoms in total. The number of anilines is 1. The molecule has 2 saturated heterocycles. The normalized spacial score (nSPS) is 21.7. The van der Waals surface area contributed by atoms with E-state index in [2.05, 4.69) is 109 Å². The van der Waals surface area contributed by atoms with E-state index in [4.69, 9.17) is 23.7 Å². The Bertz CT molecular complexity index is 2130. The molecule has 0 N–H and O–H groups in total. The molecule has 3 aliphatic heterocycles. The summed E-state index contributed by atoms with van der Waals surface area (Å²) in [6.07, 6.45) is 13.2. The van der Waals surface area contributed by atoms with Gasteiger partial charge in [0.05, 0.1) is 40.6 Å². The van der Waals surface area contributed by atoms with Gasteiger partial charge in [0.2, 0.25) is 0 Å². The van der Waals surface area contributed by atoms with Crippen molar-refractivity contribution < 1.29 is 23.7 Å². The first-order chi connectivity index (χ1) is 26.0. The molecule has 0 spiro atoms. The first-order valence-corrected chi connectivity index (χ1v) is 19.5. The van der Waals surface area contributed by atoms with Gasteiger partial charge in [-0.05, 0) is 95.3 Å². The van der Waals surface area contributed by atoms with Gasteiger partial charge in [0.15, 0.2) is 17.1 Å². The Morgan fingerprint density at radius 2 is 1.40 bits per heavy atom. The average molecular weight is 711 g/mol. The number of morpholine rings is 2. The van der Waals surface area contributed by atoms with Gasteiger partial charge in [-0.15, -0.1) is 0 Å². The van der Waals surface area contributed by atoms with Crippen LogP contribution in [-0.4, -0.2) is 71.7 Å². The van der Waals surface area contributed by atoms with Gasteiger partial charge in [-0.3, -0.25) is 0 Å². The first kappa shape index (κ1) is 34.1. The number of benzene rings is 4. The van der Waals surface area contributed by atoms with Crippen molar-refractivity contribution in [3.8, 4) is 28.4 Å². The summed E-state index contributed by atoms with van der Waals surface area (Å²) < 4.78 is 31.0. The van der Waals surface area contributed by atoms with Crippen molar-refractivity contribution in [1.82, 2.24) is 4.90 Å². The van der Waals surface area contributed by atoms with Crippen molar-refractivity contribution in [2.24, 2.45) is 0 Å². The molecule has 274 valence electrons. The van der Waals surface area contributed by atoms with Crippen LogP contribution in [0.15, 0.2) is 90.2 Å². The zero-order valence-electron chi connectivity index (χ0n) is 31.5. The second-order valence-corrected chi connectivity index (χ2v) is 14.8. The smallest absolute Gasteiger partial charge is 0.174 e. The SMILES string of the molecule is CCC1(CC)c2ccccc2-c2c1c1c(c3cc(OC)c(OC)cc23)OC(C2=CC=C(N3CCOCC3)CC2)(c2ccc(N3CCOCC3)cc2)C=C1. The van der Waals surface area contributed by atoms with Crippen molar-refractivity contribution in [2.45, 2.75) is 50.5 Å². The number of hydrogen-bond acceptors (Lipinski definition) is 7. The van der Waals surface area contributed by atoms with Crippen LogP contribution < -0.4 is 19.1 Å². The first-order valence-electron chi connectivity index (χ1n) is 19.5. The lowest BCUT2D eigenvalue weighted by Crippen LogP contribution is -2.39. The lowest BCUT2D eigenvalue weighted by molar-refractivity contribution is 0.0516. The van der Waals surface area contributed by atoms with Gasteiger partial charge in [-0.2, -0.15) is 0 Å². The summed E-state index contributed by atoms with van der Waals surface area (Å²) in [5.74, 6) is 2.32. The van der Waals surface area contributed by atoms with Crippen LogP contribution in [0.4, 0.5) is 5.69 Å². The van der Waals surface area contributed by atoms with Crippen molar-refractivity contribution in [1.29, 1.82) is 0 Å². The van der Waals surface area contributed by atoms with E-state index in [1.807, 2.05) is 0 Å². The molecule has 7 heteroatoms. The Morgan fingerprint density at radius 1 is 0.736 bits per heavy atom. The zero-order valence-corrected chi connectivity index (χ0v) is 31.5. The summed E-state index contributed by atoms with van der Waals surface area (Å²) in [5.41, 5.74) is 10.5. The quantitative estimate of drug-likeness (QED) is 0.181. The summed E-state index contributed by atoms with van der Waals surface area (Å²) in [5, 5.41) is 2.17. The largest absolute Gasteiger partial charge is 0.493 e. The van der Waals surface area contributed by atoms with Crippen LogP contribution in [0.1, 0.15) is 61.8 Å². The van der Waals surface area contributed by atoms with Crippen molar-refractivity contribution in [3.05, 3.63) is 112 Å². The number of allylic oxidation sites excluding steroid dienone is 3. The fourth-order valence-electron chi connectivity index (χ4n) is 9.78. The Kier molecular flexibility index (Phi) is 8.75. The van der Waals surface area contributed by atoms with Crippen molar-refractivity contribution >= 4 is 22.5 Å². The number of ether oxygens (including phenoxy) is 5. The van der Waals surface area contributed by atoms with Crippen LogP contribution >= 0.6 is 0 Å². The van der Waals surface area contributed by atoms with E-state index < -0.39 is 5.60 Å². The monoisotopic (exact) mass is 710 g/mol. The van der Waals surface area contributed by atoms with Gasteiger partial charge in [-0.1, -0.05) is 62.4 Å². The number of rotatable bonds is 8. The molecule has 0 amide bonds. The Balaban J connectivity index is 1.27. The molecule has 0 saturated carbocycles. The number of nitrogens with zero attached hydrogens (tertiary/aromatic N) is 2. The van der Waals surface area contributed by atoms with Gasteiger partial charge in [0.25, 0.3) is 0 Å². The van der Waals surface area contributed by atoms with E-state index in [9.17, 15) is 0 Å². The van der Waals surface area contributed by atoms with E-state index in [0.717, 1.165) is 106 Å². The number of fused-ring (bicyclic) bond motifs is 8. The molecule has 53 heavy (non-hydrogen) atoms. The van der Waals surface area contributed by atoms with E-state index >= 15 is 0 Å². The van der Waals surface area contributed by atoms with Crippen molar-refractivity contribution in [3.63, 3.8) is 0 Å². The predicted molar refractivity (Wildman–Crippen MR) is 212 cm³/mol. The molecule has 1 atom stereocenters. The zero-order chi connectivity index (χ0) is 36.2. The fraction of sp³-hybridized carbons (Fsp3) is 0.391. The number of methoxy groups -OCH3 is 2. The standard InChI is InChI=1S/C46H50N2O5/c1-5-45(6-2)39-10-8-7-9-35(39)42-37-29-40(49-3)41(50-4)30-38(37)44-36(43(42)45)19-20-46(53-44,31-11-15-33(16-12-31)47-21-25-51-26-22-47)32-13-17-34(18-14-32)48-23-27-52-28-24-48/h7-13,15-17,19-20,29-30H,5-6,14,18,21-28H2,1-4H3. The Hall–Kier alpha value is -4.72. The highest BCUT2D eigenvalue weighted by molar-refractivity contribution is 6.09. The highest BCUT2D eigenvalue weighted by Gasteiger charge is 2.47. The summed E-state index contributed by atoms with van der Waals surface area (Å²) in [7, 11) is 3.43. The second-order valence-electron chi connectivity index (χ2n) is 14.8. The third kappa shape index (κ3) is 5.30. The van der Waals surface area contributed by atoms with Crippen LogP contribution in [0.2, 0.25) is 0 Å². The molecule has 2 fully saturated rings. The van der Waals surface area contributed by atoms with Crippen LogP contribution in [0.3, 0.4) is 0 Å². The summed E-state index contributed by atoms with van der Waals surface area (Å²) in [6.45, 7) is 11.4. The highest BCUT2D eigenvalue weighted by Crippen LogP contribution is 2.61. The second kappa shape index (κ2) is 13.6. The third-order valence-corrected chi connectivity index (χ3v) is 12.6. The van der Waals surface area contributed by atoms with Gasteiger partial charge in [-0.25, -0.2) is 0 Å². The van der Waals surface area contributed by atoms with Gasteiger partial charge in [0.1, 0.15) is 5.75 Å². The molecule has 0 radical (unpaired) electrons.